The molecule has 0 saturated heterocycles. The first kappa shape index (κ1) is 14.3. The molecular weight excluding hydrogens is 214 g/mol. The molecule has 0 amide bonds. The van der Waals surface area contributed by atoms with Crippen molar-refractivity contribution in [2.24, 2.45) is 16.1 Å². The van der Waals surface area contributed by atoms with Crippen LogP contribution in [0.25, 0.3) is 0 Å². The first-order valence-corrected chi connectivity index (χ1v) is 6.51. The van der Waals surface area contributed by atoms with Crippen LogP contribution in [0.4, 0.5) is 0 Å². The minimum atomic E-state index is -0.676. The maximum absolute atomic E-state index is 10.5. The molecule has 4 N–H and O–H groups in total. The molecule has 0 aromatic heterocycles. The fourth-order valence-electron chi connectivity index (χ4n) is 2.67. The maximum atomic E-state index is 10.5. The van der Waals surface area contributed by atoms with E-state index >= 15 is 0 Å². The minimum Gasteiger partial charge on any atom is -0.388 e. The van der Waals surface area contributed by atoms with E-state index in [1.54, 1.807) is 0 Å². The summed E-state index contributed by atoms with van der Waals surface area (Å²) >= 11 is 0. The highest BCUT2D eigenvalue weighted by Crippen LogP contribution is 2.40. The molecule has 4 heteroatoms. The van der Waals surface area contributed by atoms with Crippen molar-refractivity contribution in [2.75, 3.05) is 6.54 Å². The summed E-state index contributed by atoms with van der Waals surface area (Å²) in [6.07, 6.45) is 3.88. The molecule has 1 aliphatic rings. The van der Waals surface area contributed by atoms with E-state index in [-0.39, 0.29) is 11.5 Å². The molecule has 0 radical (unpaired) electrons. The SMILES string of the molecule is CC(C)NC(N)=NCC1(O)CCCC(C)(C)C1. The zero-order valence-corrected chi connectivity index (χ0v) is 11.6. The summed E-state index contributed by atoms with van der Waals surface area (Å²) in [6.45, 7) is 8.84. The summed E-state index contributed by atoms with van der Waals surface area (Å²) in [5.74, 6) is 0.428. The van der Waals surface area contributed by atoms with Crippen LogP contribution < -0.4 is 11.1 Å². The third kappa shape index (κ3) is 4.94. The lowest BCUT2D eigenvalue weighted by Crippen LogP contribution is -2.43. The second-order valence-electron chi connectivity index (χ2n) is 6.42. The molecule has 1 fully saturated rings. The molecule has 100 valence electrons. The van der Waals surface area contributed by atoms with Crippen molar-refractivity contribution in [2.45, 2.75) is 65.0 Å². The van der Waals surface area contributed by atoms with Gasteiger partial charge in [0.1, 0.15) is 0 Å². The average molecular weight is 241 g/mol. The highest BCUT2D eigenvalue weighted by atomic mass is 16.3. The van der Waals surface area contributed by atoms with Gasteiger partial charge in [-0.3, -0.25) is 4.99 Å². The van der Waals surface area contributed by atoms with Gasteiger partial charge in [0.15, 0.2) is 5.96 Å². The molecule has 0 aliphatic heterocycles. The zero-order valence-electron chi connectivity index (χ0n) is 11.6. The Bertz CT molecular complexity index is 286. The first-order chi connectivity index (χ1) is 7.72. The Balaban J connectivity index is 2.55. The number of aliphatic imine (C=N–C) groups is 1. The third-order valence-electron chi connectivity index (χ3n) is 3.28. The number of nitrogens with one attached hydrogen (secondary N) is 1. The van der Waals surface area contributed by atoms with Crippen LogP contribution in [0.5, 0.6) is 0 Å². The predicted molar refractivity (Wildman–Crippen MR) is 72.0 cm³/mol. The number of hydrogen-bond acceptors (Lipinski definition) is 2. The van der Waals surface area contributed by atoms with Gasteiger partial charge in [0, 0.05) is 6.04 Å². The van der Waals surface area contributed by atoms with Gasteiger partial charge in [0.2, 0.25) is 0 Å². The van der Waals surface area contributed by atoms with Gasteiger partial charge < -0.3 is 16.2 Å². The molecule has 0 spiro atoms. The Morgan fingerprint density at radius 3 is 2.59 bits per heavy atom. The van der Waals surface area contributed by atoms with E-state index in [9.17, 15) is 5.11 Å². The van der Waals surface area contributed by atoms with Gasteiger partial charge in [0.05, 0.1) is 12.1 Å². The third-order valence-corrected chi connectivity index (χ3v) is 3.28. The van der Waals surface area contributed by atoms with Gasteiger partial charge in [-0.25, -0.2) is 0 Å². The molecule has 4 nitrogen and oxygen atoms in total. The monoisotopic (exact) mass is 241 g/mol. The van der Waals surface area contributed by atoms with Crippen molar-refractivity contribution in [3.63, 3.8) is 0 Å². The van der Waals surface area contributed by atoms with Crippen LogP contribution in [-0.2, 0) is 0 Å². The number of guanidine groups is 1. The van der Waals surface area contributed by atoms with Crippen LogP contribution in [-0.4, -0.2) is 29.3 Å². The van der Waals surface area contributed by atoms with E-state index in [2.05, 4.69) is 24.2 Å². The van der Waals surface area contributed by atoms with Crippen LogP contribution in [0.1, 0.15) is 53.4 Å². The molecule has 0 aromatic carbocycles. The first-order valence-electron chi connectivity index (χ1n) is 6.51. The standard InChI is InChI=1S/C13H27N3O/c1-10(2)16-11(14)15-9-13(17)7-5-6-12(3,4)8-13/h10,17H,5-9H2,1-4H3,(H3,14,15,16). The number of rotatable bonds is 3. The highest BCUT2D eigenvalue weighted by Gasteiger charge is 2.38. The van der Waals surface area contributed by atoms with Crippen molar-refractivity contribution in [1.82, 2.24) is 5.32 Å². The second kappa shape index (κ2) is 5.25. The smallest absolute Gasteiger partial charge is 0.188 e. The van der Waals surface area contributed by atoms with E-state index in [0.717, 1.165) is 19.3 Å². The van der Waals surface area contributed by atoms with E-state index in [0.29, 0.717) is 12.5 Å². The number of nitrogens with two attached hydrogens (primary N) is 1. The Morgan fingerprint density at radius 1 is 1.41 bits per heavy atom. The van der Waals surface area contributed by atoms with Crippen molar-refractivity contribution < 1.29 is 5.11 Å². The van der Waals surface area contributed by atoms with Crippen molar-refractivity contribution >= 4 is 5.96 Å². The van der Waals surface area contributed by atoms with Crippen molar-refractivity contribution in [3.8, 4) is 0 Å². The summed E-state index contributed by atoms with van der Waals surface area (Å²) in [4.78, 5) is 4.26. The van der Waals surface area contributed by atoms with Gasteiger partial charge in [-0.15, -0.1) is 0 Å². The lowest BCUT2D eigenvalue weighted by molar-refractivity contribution is -0.0307. The molecule has 1 saturated carbocycles. The van der Waals surface area contributed by atoms with E-state index in [1.807, 2.05) is 13.8 Å². The second-order valence-corrected chi connectivity index (χ2v) is 6.42. The maximum Gasteiger partial charge on any atom is 0.188 e. The average Bonchev–Trinajstić information content (AvgIpc) is 2.12. The van der Waals surface area contributed by atoms with Gasteiger partial charge in [-0.2, -0.15) is 0 Å². The molecule has 1 rings (SSSR count). The minimum absolute atomic E-state index is 0.211. The topological polar surface area (TPSA) is 70.6 Å². The lowest BCUT2D eigenvalue weighted by Gasteiger charge is -2.40. The van der Waals surface area contributed by atoms with Crippen molar-refractivity contribution in [1.29, 1.82) is 0 Å². The lowest BCUT2D eigenvalue weighted by atomic mass is 9.70. The molecule has 1 unspecified atom stereocenters. The normalized spacial score (nSPS) is 29.4. The number of hydrogen-bond donors (Lipinski definition) is 3. The van der Waals surface area contributed by atoms with E-state index in [4.69, 9.17) is 5.73 Å². The van der Waals surface area contributed by atoms with Crippen LogP contribution in [0, 0.1) is 5.41 Å². The van der Waals surface area contributed by atoms with E-state index < -0.39 is 5.60 Å². The summed E-state index contributed by atoms with van der Waals surface area (Å²) in [7, 11) is 0. The molecular formula is C13H27N3O. The fourth-order valence-corrected chi connectivity index (χ4v) is 2.67. The van der Waals surface area contributed by atoms with Crippen LogP contribution in [0.2, 0.25) is 0 Å². The Morgan fingerprint density at radius 2 is 2.06 bits per heavy atom. The van der Waals surface area contributed by atoms with Gasteiger partial charge in [-0.1, -0.05) is 13.8 Å². The summed E-state index contributed by atoms with van der Waals surface area (Å²) in [5.41, 5.74) is 5.28. The van der Waals surface area contributed by atoms with Gasteiger partial charge in [0.25, 0.3) is 0 Å². The largest absolute Gasteiger partial charge is 0.388 e. The molecule has 0 aromatic rings. The van der Waals surface area contributed by atoms with Crippen LogP contribution in [0.3, 0.4) is 0 Å². The predicted octanol–water partition coefficient (Wildman–Crippen LogP) is 1.63. The molecule has 17 heavy (non-hydrogen) atoms. The zero-order chi connectivity index (χ0) is 13.1. The van der Waals surface area contributed by atoms with Crippen LogP contribution in [0.15, 0.2) is 4.99 Å². The van der Waals surface area contributed by atoms with E-state index in [1.165, 1.54) is 6.42 Å². The van der Waals surface area contributed by atoms with Crippen molar-refractivity contribution in [3.05, 3.63) is 0 Å². The highest BCUT2D eigenvalue weighted by molar-refractivity contribution is 5.78. The number of aliphatic hydroxyl groups is 1. The Labute approximate surface area is 105 Å². The van der Waals surface area contributed by atoms with Gasteiger partial charge in [-0.05, 0) is 44.9 Å². The summed E-state index contributed by atoms with van der Waals surface area (Å²) in [6, 6.07) is 0.274. The molecule has 1 atom stereocenters. The summed E-state index contributed by atoms with van der Waals surface area (Å²) < 4.78 is 0. The Kier molecular flexibility index (Phi) is 4.42. The molecule has 0 heterocycles. The van der Waals surface area contributed by atoms with Gasteiger partial charge >= 0.3 is 0 Å². The quantitative estimate of drug-likeness (QED) is 0.519. The fraction of sp³-hybridized carbons (Fsp3) is 0.923. The number of nitrogens with zero attached hydrogens (tertiary/aromatic N) is 1. The Hall–Kier alpha value is -0.770. The van der Waals surface area contributed by atoms with Crippen LogP contribution >= 0.6 is 0 Å². The summed E-state index contributed by atoms with van der Waals surface area (Å²) in [5, 5.41) is 13.5. The molecule has 1 aliphatic carbocycles. The molecule has 0 bridgehead atoms.